The second-order valence-corrected chi connectivity index (χ2v) is 8.69. The molecule has 1 atom stereocenters. The molecule has 0 radical (unpaired) electrons. The molecule has 27 heavy (non-hydrogen) atoms. The minimum Gasteiger partial charge on any atom is -0.475 e. The lowest BCUT2D eigenvalue weighted by atomic mass is 9.83. The van der Waals surface area contributed by atoms with Crippen molar-refractivity contribution >= 4 is 21.6 Å². The number of hydrogen-bond donors (Lipinski definition) is 2. The van der Waals surface area contributed by atoms with Crippen molar-refractivity contribution in [1.82, 2.24) is 9.78 Å². The quantitative estimate of drug-likeness (QED) is 0.815. The molecule has 0 bridgehead atoms. The van der Waals surface area contributed by atoms with Crippen LogP contribution in [0.25, 0.3) is 0 Å². The number of carbonyl (C=O) groups is 1. The number of rotatable bonds is 2. The van der Waals surface area contributed by atoms with Crippen LogP contribution in [0.2, 0.25) is 0 Å². The van der Waals surface area contributed by atoms with E-state index in [1.807, 2.05) is 0 Å². The fourth-order valence-corrected chi connectivity index (χ4v) is 5.07. The van der Waals surface area contributed by atoms with Crippen molar-refractivity contribution in [1.29, 1.82) is 0 Å². The van der Waals surface area contributed by atoms with Crippen LogP contribution in [-0.4, -0.2) is 26.6 Å². The molecular formula is C17H18FN5O3S. The van der Waals surface area contributed by atoms with E-state index in [4.69, 9.17) is 9.88 Å². The van der Waals surface area contributed by atoms with Crippen molar-refractivity contribution in [3.05, 3.63) is 34.3 Å². The summed E-state index contributed by atoms with van der Waals surface area (Å²) in [6.45, 7) is 0.941. The highest BCUT2D eigenvalue weighted by atomic mass is 32.2. The number of aromatic nitrogens is 2. The molecule has 1 aliphatic heterocycles. The molecule has 8 nitrogen and oxygen atoms in total. The zero-order chi connectivity index (χ0) is 18.8. The Morgan fingerprint density at radius 3 is 2.74 bits per heavy atom. The number of anilines is 1. The first-order valence-electron chi connectivity index (χ1n) is 8.85. The van der Waals surface area contributed by atoms with E-state index in [0.29, 0.717) is 55.6 Å². The van der Waals surface area contributed by atoms with Gasteiger partial charge in [-0.15, -0.1) is 4.36 Å². The third-order valence-corrected chi connectivity index (χ3v) is 6.75. The second-order valence-electron chi connectivity index (χ2n) is 6.93. The number of nitrogens with two attached hydrogens (primary N) is 1. The van der Waals surface area contributed by atoms with E-state index in [9.17, 15) is 13.4 Å². The summed E-state index contributed by atoms with van der Waals surface area (Å²) in [6.07, 6.45) is 4.91. The average molecular weight is 391 g/mol. The van der Waals surface area contributed by atoms with Gasteiger partial charge in [-0.1, -0.05) is 0 Å². The van der Waals surface area contributed by atoms with Gasteiger partial charge >= 0.3 is 6.03 Å². The van der Waals surface area contributed by atoms with Gasteiger partial charge < -0.3 is 10.1 Å². The maximum Gasteiger partial charge on any atom is 0.354 e. The van der Waals surface area contributed by atoms with Crippen molar-refractivity contribution < 1.29 is 18.1 Å². The summed E-state index contributed by atoms with van der Waals surface area (Å²) in [6, 6.07) is -0.810. The van der Waals surface area contributed by atoms with Crippen LogP contribution in [0.5, 0.6) is 5.88 Å². The number of benzene rings is 1. The van der Waals surface area contributed by atoms with Crippen LogP contribution in [0.4, 0.5) is 14.9 Å². The zero-order valence-electron chi connectivity index (χ0n) is 14.5. The summed E-state index contributed by atoms with van der Waals surface area (Å²) in [4.78, 5) is 12.6. The Labute approximate surface area is 155 Å². The highest BCUT2D eigenvalue weighted by Gasteiger charge is 2.32. The highest BCUT2D eigenvalue weighted by Crippen LogP contribution is 2.42. The molecule has 0 saturated carbocycles. The Morgan fingerprint density at radius 2 is 1.96 bits per heavy atom. The molecule has 5 rings (SSSR count). The van der Waals surface area contributed by atoms with Gasteiger partial charge in [-0.25, -0.2) is 23.2 Å². The summed E-state index contributed by atoms with van der Waals surface area (Å²) in [5.41, 5.74) is 3.61. The number of nitrogens with one attached hydrogen (secondary N) is 1. The van der Waals surface area contributed by atoms with E-state index in [2.05, 4.69) is 14.8 Å². The first-order valence-corrected chi connectivity index (χ1v) is 10.4. The predicted molar refractivity (Wildman–Crippen MR) is 95.6 cm³/mol. The van der Waals surface area contributed by atoms with Gasteiger partial charge in [-0.05, 0) is 54.4 Å². The number of urea groups is 1. The largest absolute Gasteiger partial charge is 0.475 e. The smallest absolute Gasteiger partial charge is 0.354 e. The van der Waals surface area contributed by atoms with Crippen molar-refractivity contribution in [3.63, 3.8) is 0 Å². The molecule has 0 spiro atoms. The lowest BCUT2D eigenvalue weighted by Crippen LogP contribution is -2.22. The molecule has 1 unspecified atom stereocenters. The van der Waals surface area contributed by atoms with Gasteiger partial charge in [0.2, 0.25) is 5.88 Å². The Kier molecular flexibility index (Phi) is 3.57. The van der Waals surface area contributed by atoms with Crippen LogP contribution in [0.1, 0.15) is 28.7 Å². The molecule has 0 fully saturated rings. The first-order chi connectivity index (χ1) is 13.0. The van der Waals surface area contributed by atoms with E-state index in [-0.39, 0.29) is 16.6 Å². The third-order valence-electron chi connectivity index (χ3n) is 5.41. The molecule has 3 aliphatic rings. The molecule has 2 heterocycles. The summed E-state index contributed by atoms with van der Waals surface area (Å²) in [5.74, 6) is 0.153. The molecular weight excluding hydrogens is 373 g/mol. The van der Waals surface area contributed by atoms with Gasteiger partial charge in [0.1, 0.15) is 17.3 Å². The predicted octanol–water partition coefficient (Wildman–Crippen LogP) is 1.93. The number of ether oxygens (including phenoxy) is 1. The number of amides is 2. The fourth-order valence-electron chi connectivity index (χ4n) is 4.06. The SMILES string of the molecule is NS(=O)(=NC(=O)Nc1c2c(c(F)c3c1CC3)CCC2)c1cnn2c1OCC2. The molecule has 2 aromatic rings. The van der Waals surface area contributed by atoms with E-state index < -0.39 is 15.9 Å². The molecule has 10 heteroatoms. The Morgan fingerprint density at radius 1 is 1.26 bits per heavy atom. The van der Waals surface area contributed by atoms with Gasteiger partial charge in [0.15, 0.2) is 9.92 Å². The van der Waals surface area contributed by atoms with Gasteiger partial charge in [-0.2, -0.15) is 5.10 Å². The van der Waals surface area contributed by atoms with Gasteiger partial charge in [0, 0.05) is 5.69 Å². The minimum atomic E-state index is -3.51. The average Bonchev–Trinajstić information content (AvgIpc) is 3.27. The minimum absolute atomic E-state index is 0.104. The fraction of sp³-hybridized carbons (Fsp3) is 0.412. The monoisotopic (exact) mass is 391 g/mol. The van der Waals surface area contributed by atoms with Gasteiger partial charge in [0.05, 0.1) is 12.7 Å². The van der Waals surface area contributed by atoms with Crippen LogP contribution in [0.3, 0.4) is 0 Å². The molecule has 0 saturated heterocycles. The number of halogens is 1. The summed E-state index contributed by atoms with van der Waals surface area (Å²) in [7, 11) is -3.51. The number of carbonyl (C=O) groups excluding carboxylic acids is 1. The summed E-state index contributed by atoms with van der Waals surface area (Å²) < 4.78 is 37.9. The van der Waals surface area contributed by atoms with Crippen molar-refractivity contribution in [2.24, 2.45) is 9.50 Å². The van der Waals surface area contributed by atoms with Crippen LogP contribution in [0, 0.1) is 5.82 Å². The molecule has 2 amide bonds. The Bertz CT molecular complexity index is 1120. The van der Waals surface area contributed by atoms with E-state index >= 15 is 0 Å². The van der Waals surface area contributed by atoms with Crippen LogP contribution in [0.15, 0.2) is 15.5 Å². The van der Waals surface area contributed by atoms with E-state index in [0.717, 1.165) is 17.5 Å². The number of fused-ring (bicyclic) bond motifs is 3. The molecule has 3 N–H and O–H groups in total. The summed E-state index contributed by atoms with van der Waals surface area (Å²) in [5, 5.41) is 12.6. The van der Waals surface area contributed by atoms with Crippen LogP contribution >= 0.6 is 0 Å². The van der Waals surface area contributed by atoms with Crippen molar-refractivity contribution in [2.75, 3.05) is 11.9 Å². The highest BCUT2D eigenvalue weighted by molar-refractivity contribution is 7.91. The Hall–Kier alpha value is -2.46. The maximum atomic E-state index is 14.5. The first kappa shape index (κ1) is 16.7. The van der Waals surface area contributed by atoms with Crippen LogP contribution < -0.4 is 15.2 Å². The van der Waals surface area contributed by atoms with Crippen molar-refractivity contribution in [3.8, 4) is 5.88 Å². The normalized spacial score (nSPS) is 18.6. The molecule has 1 aromatic heterocycles. The number of nitrogens with zero attached hydrogens (tertiary/aromatic N) is 3. The lowest BCUT2D eigenvalue weighted by molar-refractivity contribution is 0.260. The Balaban J connectivity index is 1.50. The molecule has 142 valence electrons. The lowest BCUT2D eigenvalue weighted by Gasteiger charge is -2.26. The van der Waals surface area contributed by atoms with E-state index in [1.165, 1.54) is 10.9 Å². The topological polar surface area (TPSA) is 112 Å². The zero-order valence-corrected chi connectivity index (χ0v) is 15.3. The standard InChI is InChI=1S/C17H18FN5O3S/c18-14-9-2-1-3-11(9)15(12-5-4-10(12)14)21-17(24)22-27(19,25)13-8-20-23-6-7-26-16(13)23/h8H,1-7H2,(H3,19,21,22,24,25). The van der Waals surface area contributed by atoms with E-state index in [1.54, 1.807) is 0 Å². The third kappa shape index (κ3) is 2.47. The van der Waals surface area contributed by atoms with Gasteiger partial charge in [-0.3, -0.25) is 0 Å². The van der Waals surface area contributed by atoms with Gasteiger partial charge in [0.25, 0.3) is 0 Å². The molecule has 1 aromatic carbocycles. The van der Waals surface area contributed by atoms with Crippen molar-refractivity contribution in [2.45, 2.75) is 43.5 Å². The number of hydrogen-bond acceptors (Lipinski definition) is 4. The summed E-state index contributed by atoms with van der Waals surface area (Å²) >= 11 is 0. The second kappa shape index (κ2) is 5.77. The van der Waals surface area contributed by atoms with Crippen LogP contribution in [-0.2, 0) is 42.1 Å². The maximum absolute atomic E-state index is 14.5. The molecule has 2 aliphatic carbocycles.